The van der Waals surface area contributed by atoms with Gasteiger partial charge in [0.1, 0.15) is 35.3 Å². The number of ketones is 2. The van der Waals surface area contributed by atoms with Crippen molar-refractivity contribution in [3.63, 3.8) is 0 Å². The van der Waals surface area contributed by atoms with E-state index in [4.69, 9.17) is 41.0 Å². The van der Waals surface area contributed by atoms with Gasteiger partial charge >= 0.3 is 24.1 Å². The Bertz CT molecular complexity index is 2630. The van der Waals surface area contributed by atoms with Gasteiger partial charge in [0, 0.05) is 74.6 Å². The number of hydrogen-bond acceptors (Lipinski definition) is 14. The third-order valence-electron chi connectivity index (χ3n) is 15.3. The summed E-state index contributed by atoms with van der Waals surface area (Å²) in [6.07, 6.45) is 3.21. The lowest BCUT2D eigenvalue weighted by Gasteiger charge is -2.41. The molecule has 3 aliphatic rings. The molecular formula is C59H80Br2ClN5O14. The van der Waals surface area contributed by atoms with E-state index in [0.717, 1.165) is 16.7 Å². The van der Waals surface area contributed by atoms with Gasteiger partial charge in [0.15, 0.2) is 5.78 Å². The van der Waals surface area contributed by atoms with Crippen molar-refractivity contribution in [3.8, 4) is 0 Å². The van der Waals surface area contributed by atoms with Crippen LogP contribution in [0.5, 0.6) is 0 Å². The summed E-state index contributed by atoms with van der Waals surface area (Å²) in [5, 5.41) is 21.4. The number of methoxy groups -OCH3 is 1. The zero-order valence-corrected chi connectivity index (χ0v) is 51.5. The van der Waals surface area contributed by atoms with Crippen molar-refractivity contribution in [2.75, 3.05) is 48.2 Å². The number of rotatable bonds is 24. The van der Waals surface area contributed by atoms with Crippen LogP contribution in [0, 0.1) is 30.6 Å². The molecular weight excluding hydrogens is 1200 g/mol. The van der Waals surface area contributed by atoms with E-state index >= 15 is 0 Å². The molecule has 2 aromatic carbocycles. The molecule has 19 nitrogen and oxygen atoms in total. The van der Waals surface area contributed by atoms with Crippen molar-refractivity contribution in [1.29, 1.82) is 0 Å². The number of urea groups is 1. The molecule has 6 N–H and O–H groups in total. The third-order valence-corrected chi connectivity index (χ3v) is 17.4. The number of allylic oxidation sites excluding steroid dienone is 3. The van der Waals surface area contributed by atoms with E-state index in [1.54, 1.807) is 50.4 Å². The first-order valence-electron chi connectivity index (χ1n) is 27.6. The number of carbonyl (C=O) groups is 8. The lowest BCUT2D eigenvalue weighted by molar-refractivity contribution is -0.187. The second kappa shape index (κ2) is 30.9. The van der Waals surface area contributed by atoms with Gasteiger partial charge in [-0.2, -0.15) is 0 Å². The molecule has 0 saturated carbocycles. The van der Waals surface area contributed by atoms with Gasteiger partial charge in [-0.25, -0.2) is 9.59 Å². The molecule has 0 unspecified atom stereocenters. The second-order valence-corrected chi connectivity index (χ2v) is 23.8. The Morgan fingerprint density at radius 3 is 2.37 bits per heavy atom. The highest BCUT2D eigenvalue weighted by atomic mass is 79.9. The number of esters is 2. The van der Waals surface area contributed by atoms with E-state index in [1.165, 1.54) is 12.0 Å². The minimum atomic E-state index is -1.62. The number of aliphatic hydroxyl groups is 1. The molecule has 2 aromatic rings. The van der Waals surface area contributed by atoms with Crippen molar-refractivity contribution in [2.24, 2.45) is 29.4 Å². The summed E-state index contributed by atoms with van der Waals surface area (Å²) in [4.78, 5) is 107. The molecule has 5 amide bonds. The van der Waals surface area contributed by atoms with Crippen LogP contribution in [0.25, 0.3) is 0 Å². The normalized spacial score (nSPS) is 24.8. The lowest BCUT2D eigenvalue weighted by atomic mass is 9.78. The molecule has 5 rings (SSSR count). The molecule has 446 valence electrons. The molecule has 3 heterocycles. The Morgan fingerprint density at radius 2 is 1.72 bits per heavy atom. The van der Waals surface area contributed by atoms with Crippen LogP contribution in [0.2, 0.25) is 5.02 Å². The highest BCUT2D eigenvalue weighted by Gasteiger charge is 2.64. The highest BCUT2D eigenvalue weighted by molar-refractivity contribution is 9.09. The number of nitrogens with one attached hydrogen (secondary N) is 3. The summed E-state index contributed by atoms with van der Waals surface area (Å²) < 4.78 is 29.3. The number of alkyl halides is 2. The molecule has 0 spiro atoms. The van der Waals surface area contributed by atoms with E-state index in [0.29, 0.717) is 64.7 Å². The Balaban J connectivity index is 1.28. The minimum absolute atomic E-state index is 0.0185. The molecule has 0 aromatic heterocycles. The molecule has 2 saturated heterocycles. The van der Waals surface area contributed by atoms with Gasteiger partial charge in [-0.3, -0.25) is 34.1 Å². The van der Waals surface area contributed by atoms with Crippen LogP contribution >= 0.6 is 43.5 Å². The lowest BCUT2D eigenvalue weighted by Crippen LogP contribution is -2.53. The molecule has 9 atom stereocenters. The number of unbranched alkanes of at least 4 members (excludes halogenated alkanes) is 2. The first-order chi connectivity index (χ1) is 38.3. The van der Waals surface area contributed by atoms with Crippen molar-refractivity contribution in [1.82, 2.24) is 10.6 Å². The van der Waals surface area contributed by atoms with Crippen molar-refractivity contribution in [2.45, 2.75) is 160 Å². The SMILES string of the molecule is CO[C@@H]1/C=C/C=C(\C)Cc2cc(C)c(Cl)c(c2)N(C)C(=O)C[C@H](OC(=O)Nc2ccc(CC(=O)[C@H](CCCNC(N)=O)NC(=O)[C@@H](CC(=O)CCCCCOC(=O)C(CBr)CBr)C(C)C)cc2)[C@]2(C)O[C@H]2[C@H](C)[C@@H]2C[C@@]1(O)CC(=O)O2. The number of benzene rings is 2. The summed E-state index contributed by atoms with van der Waals surface area (Å²) >= 11 is 13.4. The average Bonchev–Trinajstić information content (AvgIpc) is 4.22. The molecule has 0 aliphatic carbocycles. The van der Waals surface area contributed by atoms with Gasteiger partial charge in [-0.15, -0.1) is 0 Å². The maximum Gasteiger partial charge on any atom is 0.412 e. The van der Waals surface area contributed by atoms with Gasteiger partial charge in [0.25, 0.3) is 0 Å². The maximum atomic E-state index is 14.4. The Morgan fingerprint density at radius 1 is 1.01 bits per heavy atom. The van der Waals surface area contributed by atoms with Crippen LogP contribution in [-0.4, -0.2) is 132 Å². The Hall–Kier alpha value is -5.19. The average molecular weight is 1280 g/mol. The van der Waals surface area contributed by atoms with Gasteiger partial charge < -0.3 is 50.1 Å². The molecule has 4 bridgehead atoms. The van der Waals surface area contributed by atoms with Gasteiger partial charge in [-0.05, 0) is 100 Å². The summed E-state index contributed by atoms with van der Waals surface area (Å²) in [6, 6.07) is 8.50. The standard InChI is InChI=1S/C59H80Br2ClN5O14/c1-34(2)43(28-42(68)15-10-9-11-23-78-55(73)40(32-60)33-61)54(72)66-44(16-13-22-64-56(63)74)46(69)27-38-18-20-41(21-19-38)65-57(75)80-49-29-50(70)67(7)45-26-39(25-36(4)52(45)62)24-35(3)14-12-17-48(77-8)59(76)30-47(79-51(71)31-59)37(5)53-58(49,6)81-53/h12,14,17-21,25-26,34,37,40,43-44,47-49,53,76H,9-11,13,15-16,22-24,27-33H2,1-8H3,(H,65,75)(H,66,72)(H3,63,64,74)/b17-12+,35-14+/t37-,43+,44+,47+,48-,49+,53+,58+,59-/m1/s1. The fraction of sp³-hybridized carbons (Fsp3) is 0.593. The summed E-state index contributed by atoms with van der Waals surface area (Å²) in [7, 11) is 3.06. The predicted molar refractivity (Wildman–Crippen MR) is 314 cm³/mol. The maximum absolute atomic E-state index is 14.4. The number of fused-ring (bicyclic) bond motifs is 5. The van der Waals surface area contributed by atoms with E-state index in [9.17, 15) is 43.5 Å². The monoisotopic (exact) mass is 1280 g/mol. The van der Waals surface area contributed by atoms with E-state index in [2.05, 4.69) is 47.8 Å². The van der Waals surface area contributed by atoms with E-state index < -0.39 is 83.4 Å². The van der Waals surface area contributed by atoms with Gasteiger partial charge in [-0.1, -0.05) is 106 Å². The zero-order valence-electron chi connectivity index (χ0n) is 47.6. The van der Waals surface area contributed by atoms with Crippen molar-refractivity contribution < 1.29 is 67.1 Å². The van der Waals surface area contributed by atoms with Crippen LogP contribution in [-0.2, 0) is 65.3 Å². The first-order valence-corrected chi connectivity index (χ1v) is 30.2. The third kappa shape index (κ3) is 19.2. The number of epoxide rings is 1. The van der Waals surface area contributed by atoms with Crippen LogP contribution in [0.3, 0.4) is 0 Å². The van der Waals surface area contributed by atoms with Crippen LogP contribution in [0.15, 0.2) is 60.2 Å². The zero-order chi connectivity index (χ0) is 59.8. The highest BCUT2D eigenvalue weighted by Crippen LogP contribution is 2.50. The first kappa shape index (κ1) is 66.6. The topological polar surface area (TPSA) is 272 Å². The van der Waals surface area contributed by atoms with E-state index in [1.807, 2.05) is 52.8 Å². The molecule has 0 radical (unpaired) electrons. The number of primary amides is 1. The van der Waals surface area contributed by atoms with Crippen molar-refractivity contribution in [3.05, 3.63) is 81.9 Å². The van der Waals surface area contributed by atoms with Crippen LogP contribution in [0.4, 0.5) is 21.0 Å². The summed E-state index contributed by atoms with van der Waals surface area (Å²) in [5.41, 5.74) is 6.29. The summed E-state index contributed by atoms with van der Waals surface area (Å²) in [5.74, 6) is -3.98. The van der Waals surface area contributed by atoms with Gasteiger partial charge in [0.05, 0.1) is 48.2 Å². The van der Waals surface area contributed by atoms with Crippen LogP contribution < -0.4 is 26.6 Å². The number of amides is 5. The Labute approximate surface area is 497 Å². The predicted octanol–water partition coefficient (Wildman–Crippen LogP) is 8.71. The van der Waals surface area contributed by atoms with Crippen LogP contribution in [0.1, 0.15) is 116 Å². The number of carbonyl (C=O) groups excluding carboxylic acids is 8. The number of Topliss-reactive ketones (excluding diaryl/α,β-unsaturated/α-hetero) is 2. The number of ether oxygens (including phenoxy) is 5. The smallest absolute Gasteiger partial charge is 0.412 e. The molecule has 81 heavy (non-hydrogen) atoms. The molecule has 2 fully saturated rings. The van der Waals surface area contributed by atoms with Gasteiger partial charge in [0.2, 0.25) is 11.8 Å². The molecule has 22 heteroatoms. The van der Waals surface area contributed by atoms with Crippen molar-refractivity contribution >= 4 is 102 Å². The number of halogens is 3. The fourth-order valence-electron chi connectivity index (χ4n) is 10.4. The fourth-order valence-corrected chi connectivity index (χ4v) is 12.2. The Kier molecular flexibility index (Phi) is 25.4. The largest absolute Gasteiger partial charge is 0.465 e. The second-order valence-electron chi connectivity index (χ2n) is 22.2. The summed E-state index contributed by atoms with van der Waals surface area (Å²) in [6.45, 7) is 11.4. The minimum Gasteiger partial charge on any atom is -0.465 e. The van der Waals surface area contributed by atoms with E-state index in [-0.39, 0.29) is 87.5 Å². The number of nitrogens with two attached hydrogens (primary N) is 1. The number of nitrogens with zero attached hydrogens (tertiary/aromatic N) is 1. The number of aryl methyl sites for hydroxylation is 1. The number of hydrogen-bond donors (Lipinski definition) is 5. The quantitative estimate of drug-likeness (QED) is 0.0216. The molecule has 3 aliphatic heterocycles. The number of anilines is 2.